The smallest absolute Gasteiger partial charge is 0.296 e. The van der Waals surface area contributed by atoms with Crippen molar-refractivity contribution in [2.75, 3.05) is 0 Å². The van der Waals surface area contributed by atoms with Gasteiger partial charge in [-0.2, -0.15) is 0 Å². The van der Waals surface area contributed by atoms with Gasteiger partial charge in [-0.1, -0.05) is 18.2 Å². The van der Waals surface area contributed by atoms with Gasteiger partial charge >= 0.3 is 5.97 Å². The fraction of sp³-hybridized carbons (Fsp3) is 0. The zero-order valence-corrected chi connectivity index (χ0v) is 7.20. The summed E-state index contributed by atoms with van der Waals surface area (Å²) in [5, 5.41) is 7.29. The predicted octanol–water partition coefficient (Wildman–Crippen LogP) is 0.547. The predicted molar refractivity (Wildman–Crippen MR) is 47.4 cm³/mol. The van der Waals surface area contributed by atoms with Crippen LogP contribution in [0, 0.1) is 0 Å². The Morgan fingerprint density at radius 3 is 2.43 bits per heavy atom. The Bertz CT molecular complexity index is 411. The van der Waals surface area contributed by atoms with Crippen molar-refractivity contribution in [1.29, 1.82) is 0 Å². The normalized spacial score (nSPS) is 9.71. The molecule has 0 aliphatic rings. The Labute approximate surface area is 79.9 Å². The first-order valence-corrected chi connectivity index (χ1v) is 4.00. The van der Waals surface area contributed by atoms with Crippen LogP contribution >= 0.6 is 0 Å². The van der Waals surface area contributed by atoms with Gasteiger partial charge in [-0.15, -0.1) is 10.2 Å². The van der Waals surface area contributed by atoms with Gasteiger partial charge in [0.1, 0.15) is 0 Å². The Balaban J connectivity index is 2.11. The molecular weight excluding hydrogens is 182 g/mol. The third kappa shape index (κ3) is 1.77. The minimum absolute atomic E-state index is 0.463. The van der Waals surface area contributed by atoms with Crippen LogP contribution in [0.25, 0.3) is 0 Å². The molecule has 0 aliphatic heterocycles. The van der Waals surface area contributed by atoms with E-state index in [0.29, 0.717) is 5.56 Å². The van der Waals surface area contributed by atoms with Crippen molar-refractivity contribution in [3.8, 4) is 0 Å². The molecule has 0 saturated carbocycles. The molecule has 5 heteroatoms. The fourth-order valence-electron chi connectivity index (χ4n) is 0.952. The molecular formula is C9H7N3O2. The van der Waals surface area contributed by atoms with Crippen molar-refractivity contribution in [3.63, 3.8) is 0 Å². The lowest BCUT2D eigenvalue weighted by atomic mass is 10.2. The number of hydrogen-bond acceptors (Lipinski definition) is 4. The van der Waals surface area contributed by atoms with Gasteiger partial charge in [-0.05, 0) is 12.1 Å². The van der Waals surface area contributed by atoms with E-state index in [0.717, 1.165) is 4.96 Å². The van der Waals surface area contributed by atoms with E-state index in [1.807, 2.05) is 6.07 Å². The lowest BCUT2D eigenvalue weighted by Gasteiger charge is -1.99. The van der Waals surface area contributed by atoms with E-state index in [9.17, 15) is 4.79 Å². The molecule has 0 radical (unpaired) electrons. The van der Waals surface area contributed by atoms with Crippen molar-refractivity contribution in [1.82, 2.24) is 15.2 Å². The van der Waals surface area contributed by atoms with Crippen molar-refractivity contribution < 1.29 is 9.63 Å². The fourth-order valence-corrected chi connectivity index (χ4v) is 0.952. The van der Waals surface area contributed by atoms with E-state index in [1.54, 1.807) is 24.3 Å². The second kappa shape index (κ2) is 3.69. The maximum Gasteiger partial charge on any atom is 0.367 e. The summed E-state index contributed by atoms with van der Waals surface area (Å²) in [5.41, 5.74) is 0.463. The van der Waals surface area contributed by atoms with Crippen molar-refractivity contribution in [3.05, 3.63) is 48.3 Å². The molecule has 14 heavy (non-hydrogen) atoms. The van der Waals surface area contributed by atoms with Gasteiger partial charge in [-0.25, -0.2) is 4.79 Å². The summed E-state index contributed by atoms with van der Waals surface area (Å²) in [5.74, 6) is -0.484. The van der Waals surface area contributed by atoms with Gasteiger partial charge in [0.05, 0.1) is 18.0 Å². The molecule has 2 rings (SSSR count). The van der Waals surface area contributed by atoms with Crippen LogP contribution in [0.3, 0.4) is 0 Å². The molecule has 0 fully saturated rings. The minimum atomic E-state index is -0.484. The molecule has 0 unspecified atom stereocenters. The van der Waals surface area contributed by atoms with Crippen LogP contribution in [0.4, 0.5) is 0 Å². The molecule has 0 amide bonds. The van der Waals surface area contributed by atoms with Crippen molar-refractivity contribution in [2.45, 2.75) is 0 Å². The Morgan fingerprint density at radius 2 is 1.79 bits per heavy atom. The molecule has 0 bridgehead atoms. The molecule has 2 aromatic rings. The highest BCUT2D eigenvalue weighted by Crippen LogP contribution is 1.98. The van der Waals surface area contributed by atoms with Gasteiger partial charge in [-0.3, -0.25) is 4.84 Å². The summed E-state index contributed by atoms with van der Waals surface area (Å²) in [6, 6.07) is 8.65. The van der Waals surface area contributed by atoms with Gasteiger partial charge in [0.15, 0.2) is 0 Å². The van der Waals surface area contributed by atoms with Gasteiger partial charge in [0, 0.05) is 4.96 Å². The van der Waals surface area contributed by atoms with E-state index < -0.39 is 5.97 Å². The van der Waals surface area contributed by atoms with E-state index >= 15 is 0 Å². The monoisotopic (exact) mass is 189 g/mol. The number of carbonyl (C=O) groups excluding carboxylic acids is 1. The molecule has 0 atom stereocenters. The summed E-state index contributed by atoms with van der Waals surface area (Å²) in [6.45, 7) is 0. The zero-order valence-electron chi connectivity index (χ0n) is 7.20. The summed E-state index contributed by atoms with van der Waals surface area (Å²) in [6.07, 6.45) is 2.86. The number of benzene rings is 1. The van der Waals surface area contributed by atoms with Crippen molar-refractivity contribution in [2.24, 2.45) is 0 Å². The summed E-state index contributed by atoms with van der Waals surface area (Å²) in [4.78, 5) is 17.1. The van der Waals surface area contributed by atoms with Crippen LogP contribution in [0.15, 0.2) is 42.7 Å². The Kier molecular flexibility index (Phi) is 2.22. The standard InChI is InChI=1S/C9H7N3O2/c13-9(8-4-2-1-3-5-8)14-12-10-6-7-11-12/h1-7H. The van der Waals surface area contributed by atoms with Crippen LogP contribution < -0.4 is 4.84 Å². The van der Waals surface area contributed by atoms with Gasteiger partial charge in [0.25, 0.3) is 0 Å². The molecule has 0 aliphatic carbocycles. The lowest BCUT2D eigenvalue weighted by molar-refractivity contribution is 0.0306. The Morgan fingerprint density at radius 1 is 1.14 bits per heavy atom. The van der Waals surface area contributed by atoms with Crippen molar-refractivity contribution >= 4 is 5.97 Å². The molecule has 0 N–H and O–H groups in total. The number of hydrogen-bond donors (Lipinski definition) is 0. The molecule has 0 saturated heterocycles. The van der Waals surface area contributed by atoms with Crippen LogP contribution in [-0.2, 0) is 0 Å². The summed E-state index contributed by atoms with van der Waals surface area (Å²) in [7, 11) is 0. The van der Waals surface area contributed by atoms with E-state index in [1.165, 1.54) is 12.4 Å². The first-order chi connectivity index (χ1) is 6.86. The van der Waals surface area contributed by atoms with Gasteiger partial charge in [0.2, 0.25) is 0 Å². The highest BCUT2D eigenvalue weighted by molar-refractivity contribution is 5.89. The number of carbonyl (C=O) groups is 1. The van der Waals surface area contributed by atoms with E-state index in [-0.39, 0.29) is 0 Å². The molecule has 5 nitrogen and oxygen atoms in total. The second-order valence-corrected chi connectivity index (χ2v) is 2.53. The molecule has 70 valence electrons. The van der Waals surface area contributed by atoms with Gasteiger partial charge < -0.3 is 0 Å². The zero-order chi connectivity index (χ0) is 9.80. The van der Waals surface area contributed by atoms with E-state index in [4.69, 9.17) is 4.84 Å². The topological polar surface area (TPSA) is 57.0 Å². The number of rotatable bonds is 2. The van der Waals surface area contributed by atoms with Crippen LogP contribution in [-0.4, -0.2) is 21.1 Å². The highest BCUT2D eigenvalue weighted by atomic mass is 16.7. The lowest BCUT2D eigenvalue weighted by Crippen LogP contribution is -2.21. The highest BCUT2D eigenvalue weighted by Gasteiger charge is 2.07. The minimum Gasteiger partial charge on any atom is -0.296 e. The molecule has 0 spiro atoms. The summed E-state index contributed by atoms with van der Waals surface area (Å²) >= 11 is 0. The van der Waals surface area contributed by atoms with Crippen LogP contribution in [0.1, 0.15) is 10.4 Å². The number of nitrogens with zero attached hydrogens (tertiary/aromatic N) is 3. The van der Waals surface area contributed by atoms with E-state index in [2.05, 4.69) is 10.2 Å². The largest absolute Gasteiger partial charge is 0.367 e. The summed E-state index contributed by atoms with van der Waals surface area (Å²) < 4.78 is 0. The average Bonchev–Trinajstić information content (AvgIpc) is 2.72. The van der Waals surface area contributed by atoms with Crippen LogP contribution in [0.2, 0.25) is 0 Å². The molecule has 1 heterocycles. The third-order valence-electron chi connectivity index (χ3n) is 1.57. The maximum atomic E-state index is 11.4. The second-order valence-electron chi connectivity index (χ2n) is 2.53. The third-order valence-corrected chi connectivity index (χ3v) is 1.57. The quantitative estimate of drug-likeness (QED) is 0.692. The average molecular weight is 189 g/mol. The number of aromatic nitrogens is 3. The maximum absolute atomic E-state index is 11.4. The molecule has 1 aromatic carbocycles. The first kappa shape index (κ1) is 8.43. The molecule has 1 aromatic heterocycles. The Hall–Kier alpha value is -2.17. The van der Waals surface area contributed by atoms with Crippen LogP contribution in [0.5, 0.6) is 0 Å². The first-order valence-electron chi connectivity index (χ1n) is 4.00. The SMILES string of the molecule is O=C(On1nccn1)c1ccccc1.